The Balaban J connectivity index is 2.15. The minimum absolute atomic E-state index is 0.995. The third kappa shape index (κ3) is 2.40. The van der Waals surface area contributed by atoms with E-state index in [0.29, 0.717) is 0 Å². The van der Waals surface area contributed by atoms with Gasteiger partial charge in [-0.2, -0.15) is 0 Å². The van der Waals surface area contributed by atoms with Gasteiger partial charge in [-0.3, -0.25) is 0 Å². The molecular formula is C16H11IS. The van der Waals surface area contributed by atoms with Gasteiger partial charge in [-0.1, -0.05) is 30.3 Å². The zero-order valence-corrected chi connectivity index (χ0v) is 12.7. The molecule has 0 spiro atoms. The fraction of sp³-hybridized carbons (Fsp3) is 0. The van der Waals surface area contributed by atoms with Crippen molar-refractivity contribution >= 4 is 46.0 Å². The average molecular weight is 362 g/mol. The van der Waals surface area contributed by atoms with Crippen molar-refractivity contribution in [2.45, 2.75) is 4.90 Å². The molecular weight excluding hydrogens is 351 g/mol. The van der Waals surface area contributed by atoms with Crippen molar-refractivity contribution in [3.8, 4) is 11.1 Å². The summed E-state index contributed by atoms with van der Waals surface area (Å²) in [6.07, 6.45) is 0. The number of rotatable bonds is 1. The molecule has 0 nitrogen and oxygen atoms in total. The van der Waals surface area contributed by atoms with Crippen LogP contribution < -0.4 is 0 Å². The molecule has 0 atom stereocenters. The molecule has 3 aromatic rings. The lowest BCUT2D eigenvalue weighted by atomic mass is 10.0. The predicted molar refractivity (Wildman–Crippen MR) is 89.4 cm³/mol. The van der Waals surface area contributed by atoms with Crippen LogP contribution in [-0.2, 0) is 0 Å². The molecule has 0 aliphatic heterocycles. The van der Waals surface area contributed by atoms with Gasteiger partial charge in [0.25, 0.3) is 0 Å². The maximum absolute atomic E-state index is 4.32. The van der Waals surface area contributed by atoms with Gasteiger partial charge in [-0.05, 0) is 74.8 Å². The molecule has 2 heteroatoms. The molecule has 0 radical (unpaired) electrons. The Kier molecular flexibility index (Phi) is 3.31. The molecule has 0 unspecified atom stereocenters. The molecule has 3 aromatic carbocycles. The highest BCUT2D eigenvalue weighted by Crippen LogP contribution is 2.26. The summed E-state index contributed by atoms with van der Waals surface area (Å²) in [7, 11) is 0. The van der Waals surface area contributed by atoms with Crippen LogP contribution in [0.15, 0.2) is 65.6 Å². The maximum atomic E-state index is 4.32. The lowest BCUT2D eigenvalue weighted by Gasteiger charge is -2.05. The molecule has 0 amide bonds. The minimum Gasteiger partial charge on any atom is -0.143 e. The van der Waals surface area contributed by atoms with Crippen LogP contribution in [0.1, 0.15) is 0 Å². The number of thiol groups is 1. The van der Waals surface area contributed by atoms with Crippen LogP contribution in [0.2, 0.25) is 0 Å². The van der Waals surface area contributed by atoms with Gasteiger partial charge in [0.1, 0.15) is 0 Å². The molecule has 18 heavy (non-hydrogen) atoms. The van der Waals surface area contributed by atoms with E-state index in [4.69, 9.17) is 0 Å². The SMILES string of the molecule is Sc1ccc(-c2ccc3ccc(I)cc3c2)cc1. The second kappa shape index (κ2) is 4.94. The molecule has 3 rings (SSSR count). The van der Waals surface area contributed by atoms with Crippen molar-refractivity contribution in [1.29, 1.82) is 0 Å². The number of halogens is 1. The number of hydrogen-bond acceptors (Lipinski definition) is 1. The van der Waals surface area contributed by atoms with Crippen molar-refractivity contribution in [3.63, 3.8) is 0 Å². The summed E-state index contributed by atoms with van der Waals surface area (Å²) in [6, 6.07) is 21.4. The minimum atomic E-state index is 0.995. The highest BCUT2D eigenvalue weighted by Gasteiger charge is 2.00. The van der Waals surface area contributed by atoms with Crippen LogP contribution in [-0.4, -0.2) is 0 Å². The van der Waals surface area contributed by atoms with Gasteiger partial charge in [-0.25, -0.2) is 0 Å². The van der Waals surface area contributed by atoms with Crippen LogP contribution in [0, 0.1) is 3.57 Å². The smallest absolute Gasteiger partial charge is 0.0136 e. The monoisotopic (exact) mass is 362 g/mol. The van der Waals surface area contributed by atoms with E-state index in [2.05, 4.69) is 83.8 Å². The summed E-state index contributed by atoms with van der Waals surface area (Å²) in [5.41, 5.74) is 2.48. The Bertz CT molecular complexity index is 702. The van der Waals surface area contributed by atoms with Gasteiger partial charge in [0.05, 0.1) is 0 Å². The Morgan fingerprint density at radius 1 is 0.667 bits per heavy atom. The van der Waals surface area contributed by atoms with E-state index in [0.717, 1.165) is 4.90 Å². The first-order valence-corrected chi connectivity index (χ1v) is 7.24. The van der Waals surface area contributed by atoms with E-state index in [9.17, 15) is 0 Å². The van der Waals surface area contributed by atoms with Crippen molar-refractivity contribution in [3.05, 3.63) is 64.2 Å². The fourth-order valence-electron chi connectivity index (χ4n) is 2.05. The summed E-state index contributed by atoms with van der Waals surface area (Å²) in [4.78, 5) is 0.995. The molecule has 0 aliphatic carbocycles. The van der Waals surface area contributed by atoms with Crippen molar-refractivity contribution in [2.24, 2.45) is 0 Å². The third-order valence-corrected chi connectivity index (χ3v) is 3.97. The van der Waals surface area contributed by atoms with Gasteiger partial charge in [-0.15, -0.1) is 12.6 Å². The molecule has 0 N–H and O–H groups in total. The molecule has 0 bridgehead atoms. The van der Waals surface area contributed by atoms with Crippen LogP contribution in [0.3, 0.4) is 0 Å². The lowest BCUT2D eigenvalue weighted by Crippen LogP contribution is -1.80. The van der Waals surface area contributed by atoms with Gasteiger partial charge in [0.2, 0.25) is 0 Å². The lowest BCUT2D eigenvalue weighted by molar-refractivity contribution is 1.47. The first-order chi connectivity index (χ1) is 8.72. The summed E-state index contributed by atoms with van der Waals surface area (Å²) in [5.74, 6) is 0. The first kappa shape index (κ1) is 12.1. The van der Waals surface area contributed by atoms with E-state index in [-0.39, 0.29) is 0 Å². The Labute approximate surface area is 126 Å². The largest absolute Gasteiger partial charge is 0.143 e. The summed E-state index contributed by atoms with van der Waals surface area (Å²) in [6.45, 7) is 0. The molecule has 0 aliphatic rings. The van der Waals surface area contributed by atoms with Crippen molar-refractivity contribution in [1.82, 2.24) is 0 Å². The predicted octanol–water partition coefficient (Wildman–Crippen LogP) is 5.40. The quantitative estimate of drug-likeness (QED) is 0.435. The van der Waals surface area contributed by atoms with E-state index in [1.165, 1.54) is 25.5 Å². The molecule has 0 saturated carbocycles. The topological polar surface area (TPSA) is 0 Å². The van der Waals surface area contributed by atoms with E-state index >= 15 is 0 Å². The van der Waals surface area contributed by atoms with Crippen LogP contribution in [0.25, 0.3) is 21.9 Å². The maximum Gasteiger partial charge on any atom is 0.0136 e. The normalized spacial score (nSPS) is 10.8. The molecule has 0 fully saturated rings. The van der Waals surface area contributed by atoms with Crippen LogP contribution >= 0.6 is 35.2 Å². The Morgan fingerprint density at radius 2 is 1.33 bits per heavy atom. The zero-order chi connectivity index (χ0) is 12.5. The molecule has 0 aromatic heterocycles. The first-order valence-electron chi connectivity index (χ1n) is 5.71. The highest BCUT2D eigenvalue weighted by molar-refractivity contribution is 14.1. The standard InChI is InChI=1S/C16H11IS/c17-15-6-3-12-1-2-13(9-14(12)10-15)11-4-7-16(18)8-5-11/h1-10,18H. The molecule has 88 valence electrons. The number of fused-ring (bicyclic) bond motifs is 1. The van der Waals surface area contributed by atoms with Gasteiger partial charge in [0.15, 0.2) is 0 Å². The summed E-state index contributed by atoms with van der Waals surface area (Å²) in [5, 5.41) is 2.57. The number of benzene rings is 3. The van der Waals surface area contributed by atoms with Crippen LogP contribution in [0.5, 0.6) is 0 Å². The van der Waals surface area contributed by atoms with Gasteiger partial charge >= 0.3 is 0 Å². The average Bonchev–Trinajstić information content (AvgIpc) is 2.38. The third-order valence-electron chi connectivity index (χ3n) is 3.00. The fourth-order valence-corrected chi connectivity index (χ4v) is 2.72. The Morgan fingerprint density at radius 3 is 2.11 bits per heavy atom. The zero-order valence-electron chi connectivity index (χ0n) is 9.60. The summed E-state index contributed by atoms with van der Waals surface area (Å²) >= 11 is 6.66. The molecule has 0 heterocycles. The second-order valence-electron chi connectivity index (χ2n) is 4.25. The number of hydrogen-bond donors (Lipinski definition) is 1. The highest BCUT2D eigenvalue weighted by atomic mass is 127. The second-order valence-corrected chi connectivity index (χ2v) is 6.02. The van der Waals surface area contributed by atoms with Crippen molar-refractivity contribution in [2.75, 3.05) is 0 Å². The van der Waals surface area contributed by atoms with Crippen molar-refractivity contribution < 1.29 is 0 Å². The van der Waals surface area contributed by atoms with E-state index < -0.39 is 0 Å². The van der Waals surface area contributed by atoms with Gasteiger partial charge in [0, 0.05) is 8.47 Å². The van der Waals surface area contributed by atoms with Gasteiger partial charge < -0.3 is 0 Å². The van der Waals surface area contributed by atoms with E-state index in [1.54, 1.807) is 0 Å². The van der Waals surface area contributed by atoms with Crippen LogP contribution in [0.4, 0.5) is 0 Å². The molecule has 0 saturated heterocycles. The Hall–Kier alpha value is -1.00. The summed E-state index contributed by atoms with van der Waals surface area (Å²) < 4.78 is 1.27. The van der Waals surface area contributed by atoms with E-state index in [1.807, 2.05) is 12.1 Å².